The van der Waals surface area contributed by atoms with Gasteiger partial charge in [-0.2, -0.15) is 0 Å². The van der Waals surface area contributed by atoms with Crippen molar-refractivity contribution in [1.82, 2.24) is 10.2 Å². The van der Waals surface area contributed by atoms with Gasteiger partial charge in [0.2, 0.25) is 11.0 Å². The first-order valence-corrected chi connectivity index (χ1v) is 7.31. The molecule has 5 heteroatoms. The van der Waals surface area contributed by atoms with E-state index in [1.165, 1.54) is 17.4 Å². The van der Waals surface area contributed by atoms with Gasteiger partial charge >= 0.3 is 0 Å². The Morgan fingerprint density at radius 2 is 2.05 bits per heavy atom. The maximum atomic E-state index is 11.8. The summed E-state index contributed by atoms with van der Waals surface area (Å²) in [4.78, 5) is 11.8. The molecule has 0 aliphatic carbocycles. The third-order valence-electron chi connectivity index (χ3n) is 2.51. The van der Waals surface area contributed by atoms with Crippen molar-refractivity contribution >= 4 is 28.5 Å². The Kier molecular flexibility index (Phi) is 5.01. The summed E-state index contributed by atoms with van der Waals surface area (Å²) >= 11 is 1.42. The second kappa shape index (κ2) is 6.96. The highest BCUT2D eigenvalue weighted by Crippen LogP contribution is 2.18. The first-order valence-electron chi connectivity index (χ1n) is 6.50. The summed E-state index contributed by atoms with van der Waals surface area (Å²) in [6, 6.07) is 9.68. The zero-order valence-electron chi connectivity index (χ0n) is 11.5. The van der Waals surface area contributed by atoms with Crippen molar-refractivity contribution in [2.75, 3.05) is 5.32 Å². The normalized spacial score (nSPS) is 11.2. The number of hydrogen-bond donors (Lipinski definition) is 1. The van der Waals surface area contributed by atoms with Crippen LogP contribution in [0.3, 0.4) is 0 Å². The van der Waals surface area contributed by atoms with Gasteiger partial charge in [0.15, 0.2) is 0 Å². The second-order valence-corrected chi connectivity index (χ2v) is 5.89. The van der Waals surface area contributed by atoms with Crippen LogP contribution in [-0.2, 0) is 11.2 Å². The quantitative estimate of drug-likeness (QED) is 0.858. The van der Waals surface area contributed by atoms with Gasteiger partial charge in [-0.1, -0.05) is 55.5 Å². The Morgan fingerprint density at radius 3 is 2.75 bits per heavy atom. The molecule has 1 heterocycles. The van der Waals surface area contributed by atoms with Gasteiger partial charge in [-0.3, -0.25) is 10.1 Å². The fraction of sp³-hybridized carbons (Fsp3) is 0.267. The summed E-state index contributed by atoms with van der Waals surface area (Å²) in [5.41, 5.74) is 0.986. The molecular weight excluding hydrogens is 270 g/mol. The largest absolute Gasteiger partial charge is 0.297 e. The smallest absolute Gasteiger partial charge is 0.250 e. The molecule has 0 saturated carbocycles. The van der Waals surface area contributed by atoms with Crippen molar-refractivity contribution in [3.63, 3.8) is 0 Å². The van der Waals surface area contributed by atoms with E-state index in [0.717, 1.165) is 17.0 Å². The van der Waals surface area contributed by atoms with Crippen LogP contribution in [0.25, 0.3) is 6.08 Å². The molecule has 2 rings (SSSR count). The van der Waals surface area contributed by atoms with E-state index < -0.39 is 0 Å². The summed E-state index contributed by atoms with van der Waals surface area (Å²) < 4.78 is 0. The molecule has 104 valence electrons. The molecule has 1 aromatic carbocycles. The molecule has 20 heavy (non-hydrogen) atoms. The molecule has 0 aliphatic rings. The van der Waals surface area contributed by atoms with E-state index >= 15 is 0 Å². The summed E-state index contributed by atoms with van der Waals surface area (Å²) in [6.07, 6.45) is 4.15. The lowest BCUT2D eigenvalue weighted by atomic mass is 10.1. The van der Waals surface area contributed by atoms with Gasteiger partial charge in [0.1, 0.15) is 5.01 Å². The fourth-order valence-corrected chi connectivity index (χ4v) is 2.57. The lowest BCUT2D eigenvalue weighted by molar-refractivity contribution is -0.111. The molecule has 0 radical (unpaired) electrons. The first kappa shape index (κ1) is 14.4. The molecule has 2 aromatic rings. The number of nitrogens with one attached hydrogen (secondary N) is 1. The number of nitrogens with zero attached hydrogens (tertiary/aromatic N) is 2. The second-order valence-electron chi connectivity index (χ2n) is 4.83. The van der Waals surface area contributed by atoms with Crippen molar-refractivity contribution < 1.29 is 4.79 Å². The van der Waals surface area contributed by atoms with E-state index in [9.17, 15) is 4.79 Å². The van der Waals surface area contributed by atoms with E-state index in [1.54, 1.807) is 6.08 Å². The van der Waals surface area contributed by atoms with Crippen molar-refractivity contribution in [3.05, 3.63) is 47.0 Å². The average molecular weight is 287 g/mol. The highest BCUT2D eigenvalue weighted by molar-refractivity contribution is 7.15. The molecule has 1 N–H and O–H groups in total. The van der Waals surface area contributed by atoms with Crippen molar-refractivity contribution in [3.8, 4) is 0 Å². The number of amides is 1. The number of aromatic nitrogens is 2. The van der Waals surface area contributed by atoms with Gasteiger partial charge in [0.05, 0.1) is 0 Å². The number of carbonyl (C=O) groups excluding carboxylic acids is 1. The molecule has 0 unspecified atom stereocenters. The lowest BCUT2D eigenvalue weighted by Crippen LogP contribution is -2.07. The third-order valence-corrected chi connectivity index (χ3v) is 3.37. The number of rotatable bonds is 5. The van der Waals surface area contributed by atoms with Gasteiger partial charge in [0, 0.05) is 12.5 Å². The fourth-order valence-electron chi connectivity index (χ4n) is 1.62. The molecule has 1 amide bonds. The third kappa shape index (κ3) is 4.59. The summed E-state index contributed by atoms with van der Waals surface area (Å²) in [5.74, 6) is 0.338. The minimum Gasteiger partial charge on any atom is -0.297 e. The highest BCUT2D eigenvalue weighted by Gasteiger charge is 2.07. The van der Waals surface area contributed by atoms with E-state index in [4.69, 9.17) is 0 Å². The van der Waals surface area contributed by atoms with Crippen LogP contribution in [0.1, 0.15) is 24.4 Å². The minimum absolute atomic E-state index is 0.193. The van der Waals surface area contributed by atoms with Crippen LogP contribution in [0.15, 0.2) is 36.4 Å². The summed E-state index contributed by atoms with van der Waals surface area (Å²) in [6.45, 7) is 4.25. The van der Waals surface area contributed by atoms with Crippen LogP contribution in [-0.4, -0.2) is 16.1 Å². The monoisotopic (exact) mass is 287 g/mol. The van der Waals surface area contributed by atoms with Crippen molar-refractivity contribution in [2.24, 2.45) is 5.92 Å². The molecule has 0 fully saturated rings. The van der Waals surface area contributed by atoms with Crippen LogP contribution in [0.4, 0.5) is 5.13 Å². The number of anilines is 1. The Hall–Kier alpha value is -2.01. The Balaban J connectivity index is 1.91. The average Bonchev–Trinajstić information content (AvgIpc) is 2.84. The Labute approximate surface area is 122 Å². The highest BCUT2D eigenvalue weighted by atomic mass is 32.1. The van der Waals surface area contributed by atoms with Crippen LogP contribution >= 0.6 is 11.3 Å². The van der Waals surface area contributed by atoms with Crippen LogP contribution in [0, 0.1) is 5.92 Å². The molecule has 0 saturated heterocycles. The zero-order chi connectivity index (χ0) is 14.4. The first-order chi connectivity index (χ1) is 9.63. The van der Waals surface area contributed by atoms with Crippen LogP contribution < -0.4 is 5.32 Å². The van der Waals surface area contributed by atoms with E-state index in [-0.39, 0.29) is 5.91 Å². The molecular formula is C15H17N3OS. The van der Waals surface area contributed by atoms with Crippen LogP contribution in [0.5, 0.6) is 0 Å². The van der Waals surface area contributed by atoms with Gasteiger partial charge in [0.25, 0.3) is 0 Å². The standard InChI is InChI=1S/C15H17N3OS/c1-11(2)10-14-17-18-15(20-14)16-13(19)9-8-12-6-4-3-5-7-12/h3-9,11H,10H2,1-2H3,(H,16,18,19). The Morgan fingerprint density at radius 1 is 1.30 bits per heavy atom. The molecule has 0 spiro atoms. The predicted octanol–water partition coefficient (Wildman–Crippen LogP) is 3.39. The molecule has 1 aromatic heterocycles. The number of carbonyl (C=O) groups is 1. The minimum atomic E-state index is -0.193. The van der Waals surface area contributed by atoms with Gasteiger partial charge in [-0.25, -0.2) is 0 Å². The van der Waals surface area contributed by atoms with Gasteiger partial charge in [-0.05, 0) is 17.6 Å². The number of hydrogen-bond acceptors (Lipinski definition) is 4. The Bertz CT molecular complexity index is 590. The summed E-state index contributed by atoms with van der Waals surface area (Å²) in [5, 5.41) is 12.2. The van der Waals surface area contributed by atoms with Crippen LogP contribution in [0.2, 0.25) is 0 Å². The molecule has 0 bridgehead atoms. The molecule has 0 atom stereocenters. The summed E-state index contributed by atoms with van der Waals surface area (Å²) in [7, 11) is 0. The van der Waals surface area contributed by atoms with Gasteiger partial charge in [-0.15, -0.1) is 10.2 Å². The van der Waals surface area contributed by atoms with Gasteiger partial charge < -0.3 is 0 Å². The number of benzene rings is 1. The SMILES string of the molecule is CC(C)Cc1nnc(NC(=O)C=Cc2ccccc2)s1. The molecule has 0 aliphatic heterocycles. The zero-order valence-corrected chi connectivity index (χ0v) is 12.4. The van der Waals surface area contributed by atoms with E-state index in [2.05, 4.69) is 29.4 Å². The predicted molar refractivity (Wildman–Crippen MR) is 82.6 cm³/mol. The topological polar surface area (TPSA) is 54.9 Å². The maximum absolute atomic E-state index is 11.8. The van der Waals surface area contributed by atoms with E-state index in [0.29, 0.717) is 11.0 Å². The molecule has 4 nitrogen and oxygen atoms in total. The van der Waals surface area contributed by atoms with E-state index in [1.807, 2.05) is 30.3 Å². The lowest BCUT2D eigenvalue weighted by Gasteiger charge is -1.97. The van der Waals surface area contributed by atoms with Crippen molar-refractivity contribution in [1.29, 1.82) is 0 Å². The maximum Gasteiger partial charge on any atom is 0.250 e. The van der Waals surface area contributed by atoms with Crippen molar-refractivity contribution in [2.45, 2.75) is 20.3 Å².